The van der Waals surface area contributed by atoms with Crippen molar-refractivity contribution in [3.8, 4) is 22.5 Å². The van der Waals surface area contributed by atoms with Gasteiger partial charge in [0.2, 0.25) is 5.91 Å². The number of carboxylic acids is 1. The van der Waals surface area contributed by atoms with Gasteiger partial charge in [-0.25, -0.2) is 9.97 Å². The van der Waals surface area contributed by atoms with Crippen molar-refractivity contribution in [2.45, 2.75) is 57.4 Å². The quantitative estimate of drug-likeness (QED) is 0.378. The fraction of sp³-hybridized carbons (Fsp3) is 0.464. The Bertz CT molecular complexity index is 1250. The number of benzene rings is 1. The van der Waals surface area contributed by atoms with Gasteiger partial charge in [-0.3, -0.25) is 19.5 Å². The number of aromatic nitrogens is 3. The van der Waals surface area contributed by atoms with E-state index in [4.69, 9.17) is 4.98 Å². The van der Waals surface area contributed by atoms with Crippen LogP contribution in [0.15, 0.2) is 42.0 Å². The molecule has 2 aromatic heterocycles. The Hall–Kier alpha value is -3.33. The van der Waals surface area contributed by atoms with Crippen molar-refractivity contribution >= 4 is 34.2 Å². The maximum Gasteiger partial charge on any atom is 0.304 e. The van der Waals surface area contributed by atoms with E-state index in [1.54, 1.807) is 17.3 Å². The van der Waals surface area contributed by atoms with Crippen LogP contribution in [0.2, 0.25) is 0 Å². The molecule has 2 aliphatic carbocycles. The highest BCUT2D eigenvalue weighted by Gasteiger charge is 2.40. The van der Waals surface area contributed by atoms with E-state index in [0.29, 0.717) is 17.5 Å². The van der Waals surface area contributed by atoms with E-state index in [-0.39, 0.29) is 18.4 Å². The standard InChI is InChI=1S/C28H33N5O3S/c1-32(2)25-16-29-23(15-30-25)21-9-5-6-10-22(21)24-17-37-28(31-24)33(20-11-12-20)27(36)19(14-26(34)35)13-18-7-3-4-8-18/h5-6,9-10,15-20H,3-4,7-8,11-14H2,1-2H3,(H,34,35). The summed E-state index contributed by atoms with van der Waals surface area (Å²) in [7, 11) is 3.85. The van der Waals surface area contributed by atoms with Gasteiger partial charge in [-0.1, -0.05) is 49.9 Å². The van der Waals surface area contributed by atoms with Gasteiger partial charge in [0.1, 0.15) is 5.82 Å². The number of hydrogen-bond acceptors (Lipinski definition) is 7. The Labute approximate surface area is 221 Å². The van der Waals surface area contributed by atoms with Gasteiger partial charge in [0.25, 0.3) is 0 Å². The van der Waals surface area contributed by atoms with E-state index >= 15 is 0 Å². The SMILES string of the molecule is CN(C)c1cnc(-c2ccccc2-c2csc(N(C(=O)C(CC(=O)O)CC3CCCC3)C3CC3)n2)cn1. The summed E-state index contributed by atoms with van der Waals surface area (Å²) < 4.78 is 0. The fourth-order valence-electron chi connectivity index (χ4n) is 5.21. The molecular weight excluding hydrogens is 486 g/mol. The summed E-state index contributed by atoms with van der Waals surface area (Å²) in [6, 6.07) is 8.04. The van der Waals surface area contributed by atoms with Gasteiger partial charge in [-0.2, -0.15) is 0 Å². The first-order valence-corrected chi connectivity index (χ1v) is 13.9. The topological polar surface area (TPSA) is 99.5 Å². The second kappa shape index (κ2) is 11.0. The van der Waals surface area contributed by atoms with Crippen LogP contribution in [0.4, 0.5) is 10.9 Å². The summed E-state index contributed by atoms with van der Waals surface area (Å²) in [5.41, 5.74) is 3.38. The summed E-state index contributed by atoms with van der Waals surface area (Å²) in [6.45, 7) is 0. The number of hydrogen-bond donors (Lipinski definition) is 1. The summed E-state index contributed by atoms with van der Waals surface area (Å²) in [4.78, 5) is 43.2. The number of thiazole rings is 1. The lowest BCUT2D eigenvalue weighted by Crippen LogP contribution is -2.39. The molecule has 9 heteroatoms. The number of carbonyl (C=O) groups excluding carboxylic acids is 1. The highest BCUT2D eigenvalue weighted by Crippen LogP contribution is 2.40. The maximum atomic E-state index is 13.8. The zero-order valence-electron chi connectivity index (χ0n) is 21.3. The van der Waals surface area contributed by atoms with Crippen LogP contribution in [0.3, 0.4) is 0 Å². The third-order valence-corrected chi connectivity index (χ3v) is 8.13. The van der Waals surface area contributed by atoms with Crippen LogP contribution in [0, 0.1) is 11.8 Å². The molecule has 2 saturated carbocycles. The van der Waals surface area contributed by atoms with Gasteiger partial charge < -0.3 is 10.0 Å². The van der Waals surface area contributed by atoms with Crippen molar-refractivity contribution in [3.05, 3.63) is 42.0 Å². The van der Waals surface area contributed by atoms with E-state index < -0.39 is 11.9 Å². The molecule has 1 unspecified atom stereocenters. The summed E-state index contributed by atoms with van der Waals surface area (Å²) in [6.07, 6.45) is 10.4. The number of anilines is 2. The minimum Gasteiger partial charge on any atom is -0.481 e. The lowest BCUT2D eigenvalue weighted by molar-refractivity contribution is -0.141. The van der Waals surface area contributed by atoms with Crippen molar-refractivity contribution in [3.63, 3.8) is 0 Å². The summed E-state index contributed by atoms with van der Waals surface area (Å²) in [5.74, 6) is -0.290. The van der Waals surface area contributed by atoms with Gasteiger partial charge in [-0.05, 0) is 25.2 Å². The molecule has 1 amide bonds. The fourth-order valence-corrected chi connectivity index (χ4v) is 6.11. The molecule has 0 aliphatic heterocycles. The minimum atomic E-state index is -0.915. The van der Waals surface area contributed by atoms with Gasteiger partial charge in [0.15, 0.2) is 5.13 Å². The molecule has 1 N–H and O–H groups in total. The van der Waals surface area contributed by atoms with Crippen LogP contribution >= 0.6 is 11.3 Å². The average molecular weight is 520 g/mol. The van der Waals surface area contributed by atoms with Crippen LogP contribution in [0.5, 0.6) is 0 Å². The number of carbonyl (C=O) groups is 2. The van der Waals surface area contributed by atoms with Crippen molar-refractivity contribution in [1.29, 1.82) is 0 Å². The number of rotatable bonds is 10. The van der Waals surface area contributed by atoms with E-state index in [2.05, 4.69) is 9.97 Å². The van der Waals surface area contributed by atoms with Crippen molar-refractivity contribution < 1.29 is 14.7 Å². The molecule has 0 bridgehead atoms. The smallest absolute Gasteiger partial charge is 0.304 e. The lowest BCUT2D eigenvalue weighted by Gasteiger charge is -2.26. The average Bonchev–Trinajstić information content (AvgIpc) is 3.36. The van der Waals surface area contributed by atoms with Gasteiger partial charge in [-0.15, -0.1) is 11.3 Å². The number of nitrogens with zero attached hydrogens (tertiary/aromatic N) is 5. The maximum absolute atomic E-state index is 13.8. The molecule has 8 nitrogen and oxygen atoms in total. The van der Waals surface area contributed by atoms with E-state index in [1.807, 2.05) is 48.6 Å². The molecule has 3 aromatic rings. The number of carboxylic acid groups (broad SMARTS) is 1. The number of amides is 1. The van der Waals surface area contributed by atoms with Crippen LogP contribution in [-0.4, -0.2) is 52.1 Å². The molecule has 2 fully saturated rings. The second-order valence-corrected chi connectivity index (χ2v) is 11.2. The summed E-state index contributed by atoms with van der Waals surface area (Å²) in [5, 5.41) is 12.2. The molecule has 0 spiro atoms. The Kier molecular flexibility index (Phi) is 7.50. The van der Waals surface area contributed by atoms with Crippen molar-refractivity contribution in [2.24, 2.45) is 11.8 Å². The van der Waals surface area contributed by atoms with Crippen LogP contribution < -0.4 is 9.80 Å². The van der Waals surface area contributed by atoms with Gasteiger partial charge in [0, 0.05) is 42.6 Å². The predicted octanol–water partition coefficient (Wildman–Crippen LogP) is 5.50. The molecule has 1 atom stereocenters. The van der Waals surface area contributed by atoms with E-state index in [1.165, 1.54) is 24.2 Å². The molecular formula is C28H33N5O3S. The zero-order valence-corrected chi connectivity index (χ0v) is 22.2. The van der Waals surface area contributed by atoms with E-state index in [0.717, 1.165) is 54.0 Å². The Morgan fingerprint density at radius 1 is 1.03 bits per heavy atom. The van der Waals surface area contributed by atoms with Crippen LogP contribution in [0.25, 0.3) is 22.5 Å². The normalized spacial score (nSPS) is 16.5. The van der Waals surface area contributed by atoms with Gasteiger partial charge in [0.05, 0.1) is 30.2 Å². The highest BCUT2D eigenvalue weighted by molar-refractivity contribution is 7.14. The first kappa shape index (κ1) is 25.3. The molecule has 1 aromatic carbocycles. The highest BCUT2D eigenvalue weighted by atomic mass is 32.1. The Morgan fingerprint density at radius 3 is 2.32 bits per heavy atom. The largest absolute Gasteiger partial charge is 0.481 e. The predicted molar refractivity (Wildman–Crippen MR) is 146 cm³/mol. The van der Waals surface area contributed by atoms with Crippen molar-refractivity contribution in [1.82, 2.24) is 15.0 Å². The molecule has 2 aliphatic rings. The molecule has 0 saturated heterocycles. The minimum absolute atomic E-state index is 0.0869. The second-order valence-electron chi connectivity index (χ2n) is 10.3. The molecule has 0 radical (unpaired) electrons. The van der Waals surface area contributed by atoms with Crippen LogP contribution in [0.1, 0.15) is 51.4 Å². The molecule has 2 heterocycles. The van der Waals surface area contributed by atoms with E-state index in [9.17, 15) is 14.7 Å². The molecule has 5 rings (SSSR count). The monoisotopic (exact) mass is 519 g/mol. The Balaban J connectivity index is 1.43. The Morgan fingerprint density at radius 2 is 1.73 bits per heavy atom. The molecule has 194 valence electrons. The first-order valence-electron chi connectivity index (χ1n) is 13.0. The third-order valence-electron chi connectivity index (χ3n) is 7.29. The zero-order chi connectivity index (χ0) is 25.9. The van der Waals surface area contributed by atoms with Crippen molar-refractivity contribution in [2.75, 3.05) is 23.9 Å². The first-order chi connectivity index (χ1) is 17.9. The lowest BCUT2D eigenvalue weighted by atomic mass is 9.90. The molecule has 37 heavy (non-hydrogen) atoms. The summed E-state index contributed by atoms with van der Waals surface area (Å²) >= 11 is 1.44. The third kappa shape index (κ3) is 5.82. The van der Waals surface area contributed by atoms with Gasteiger partial charge >= 0.3 is 5.97 Å². The van der Waals surface area contributed by atoms with Crippen LogP contribution in [-0.2, 0) is 9.59 Å². The number of aliphatic carboxylic acids is 1.